The zero-order chi connectivity index (χ0) is 13.9. The summed E-state index contributed by atoms with van der Waals surface area (Å²) in [7, 11) is 1.63. The standard InChI is InChI=1S/C15H17N3O2/c1-20-13-2-3-14-11(9-13)8-12(10-17-14)15(19)18-6-4-16-5-7-18/h2-3,8-10,16H,4-7H2,1H3. The third kappa shape index (κ3) is 2.44. The molecular formula is C15H17N3O2. The summed E-state index contributed by atoms with van der Waals surface area (Å²) < 4.78 is 5.21. The van der Waals surface area contributed by atoms with Gasteiger partial charge in [0.15, 0.2) is 0 Å². The average Bonchev–Trinajstić information content (AvgIpc) is 2.54. The van der Waals surface area contributed by atoms with Gasteiger partial charge in [-0.15, -0.1) is 0 Å². The number of benzene rings is 1. The minimum Gasteiger partial charge on any atom is -0.497 e. The third-order valence-electron chi connectivity index (χ3n) is 3.54. The lowest BCUT2D eigenvalue weighted by molar-refractivity contribution is 0.0735. The summed E-state index contributed by atoms with van der Waals surface area (Å²) in [6.07, 6.45) is 1.65. The molecule has 0 radical (unpaired) electrons. The van der Waals surface area contributed by atoms with Gasteiger partial charge in [0.1, 0.15) is 5.75 Å². The molecule has 0 unspecified atom stereocenters. The van der Waals surface area contributed by atoms with Crippen molar-refractivity contribution in [2.75, 3.05) is 33.3 Å². The van der Waals surface area contributed by atoms with Crippen molar-refractivity contribution < 1.29 is 9.53 Å². The van der Waals surface area contributed by atoms with E-state index < -0.39 is 0 Å². The Morgan fingerprint density at radius 3 is 2.85 bits per heavy atom. The van der Waals surface area contributed by atoms with Crippen LogP contribution in [0.5, 0.6) is 5.75 Å². The SMILES string of the molecule is COc1ccc2ncc(C(=O)N3CCNCC3)cc2c1. The largest absolute Gasteiger partial charge is 0.497 e. The van der Waals surface area contributed by atoms with E-state index in [1.807, 2.05) is 29.2 Å². The fourth-order valence-electron chi connectivity index (χ4n) is 2.40. The van der Waals surface area contributed by atoms with E-state index in [0.717, 1.165) is 42.8 Å². The van der Waals surface area contributed by atoms with Crippen molar-refractivity contribution in [1.82, 2.24) is 15.2 Å². The Bertz CT molecular complexity index is 636. The lowest BCUT2D eigenvalue weighted by Crippen LogP contribution is -2.46. The Kier molecular flexibility index (Phi) is 3.52. The molecular weight excluding hydrogens is 254 g/mol. The first-order valence-corrected chi connectivity index (χ1v) is 6.72. The number of piperazine rings is 1. The molecule has 1 aliphatic rings. The topological polar surface area (TPSA) is 54.5 Å². The minimum atomic E-state index is 0.0451. The van der Waals surface area contributed by atoms with Crippen LogP contribution in [0, 0.1) is 0 Å². The van der Waals surface area contributed by atoms with E-state index in [-0.39, 0.29) is 5.91 Å². The van der Waals surface area contributed by atoms with Crippen LogP contribution in [0.4, 0.5) is 0 Å². The highest BCUT2D eigenvalue weighted by Gasteiger charge is 2.18. The van der Waals surface area contributed by atoms with Gasteiger partial charge in [0.2, 0.25) is 0 Å². The molecule has 0 saturated carbocycles. The summed E-state index contributed by atoms with van der Waals surface area (Å²) in [5.74, 6) is 0.815. The van der Waals surface area contributed by atoms with Crippen LogP contribution in [0.25, 0.3) is 10.9 Å². The molecule has 0 bridgehead atoms. The van der Waals surface area contributed by atoms with Gasteiger partial charge >= 0.3 is 0 Å². The van der Waals surface area contributed by atoms with Crippen molar-refractivity contribution in [3.05, 3.63) is 36.0 Å². The van der Waals surface area contributed by atoms with Crippen molar-refractivity contribution in [3.8, 4) is 5.75 Å². The number of nitrogens with zero attached hydrogens (tertiary/aromatic N) is 2. The van der Waals surface area contributed by atoms with Gasteiger partial charge in [0.05, 0.1) is 18.2 Å². The number of hydrogen-bond acceptors (Lipinski definition) is 4. The number of nitrogens with one attached hydrogen (secondary N) is 1. The number of carbonyl (C=O) groups is 1. The summed E-state index contributed by atoms with van der Waals surface area (Å²) in [4.78, 5) is 18.6. The molecule has 5 nitrogen and oxygen atoms in total. The highest BCUT2D eigenvalue weighted by atomic mass is 16.5. The van der Waals surface area contributed by atoms with Gasteiger partial charge in [0, 0.05) is 37.8 Å². The maximum absolute atomic E-state index is 12.4. The van der Waals surface area contributed by atoms with Crippen LogP contribution in [0.2, 0.25) is 0 Å². The van der Waals surface area contributed by atoms with Crippen molar-refractivity contribution in [2.24, 2.45) is 0 Å². The summed E-state index contributed by atoms with van der Waals surface area (Å²) >= 11 is 0. The molecule has 1 saturated heterocycles. The van der Waals surface area contributed by atoms with Crippen LogP contribution in [0.1, 0.15) is 10.4 Å². The number of carbonyl (C=O) groups excluding carboxylic acids is 1. The molecule has 2 heterocycles. The molecule has 1 N–H and O–H groups in total. The van der Waals surface area contributed by atoms with Crippen LogP contribution in [-0.4, -0.2) is 49.1 Å². The molecule has 1 fully saturated rings. The first-order valence-electron chi connectivity index (χ1n) is 6.72. The van der Waals surface area contributed by atoms with E-state index in [2.05, 4.69) is 10.3 Å². The number of amides is 1. The molecule has 0 atom stereocenters. The van der Waals surface area contributed by atoms with Crippen LogP contribution < -0.4 is 10.1 Å². The number of aromatic nitrogens is 1. The monoisotopic (exact) mass is 271 g/mol. The van der Waals surface area contributed by atoms with Gasteiger partial charge in [-0.1, -0.05) is 0 Å². The Morgan fingerprint density at radius 2 is 2.10 bits per heavy atom. The normalized spacial score (nSPS) is 15.3. The van der Waals surface area contributed by atoms with Gasteiger partial charge < -0.3 is 15.0 Å². The maximum atomic E-state index is 12.4. The van der Waals surface area contributed by atoms with Crippen LogP contribution >= 0.6 is 0 Å². The van der Waals surface area contributed by atoms with Crippen molar-refractivity contribution in [1.29, 1.82) is 0 Å². The number of hydrogen-bond donors (Lipinski definition) is 1. The fourth-order valence-corrected chi connectivity index (χ4v) is 2.40. The lowest BCUT2D eigenvalue weighted by Gasteiger charge is -2.27. The van der Waals surface area contributed by atoms with Crippen LogP contribution in [0.3, 0.4) is 0 Å². The van der Waals surface area contributed by atoms with Crippen LogP contribution in [-0.2, 0) is 0 Å². The quantitative estimate of drug-likeness (QED) is 0.894. The van der Waals surface area contributed by atoms with Crippen LogP contribution in [0.15, 0.2) is 30.5 Å². The zero-order valence-electron chi connectivity index (χ0n) is 11.4. The molecule has 1 amide bonds. The second-order valence-electron chi connectivity index (χ2n) is 4.82. The number of methoxy groups -OCH3 is 1. The minimum absolute atomic E-state index is 0.0451. The number of pyridine rings is 1. The molecule has 1 aromatic heterocycles. The van der Waals surface area contributed by atoms with E-state index in [1.54, 1.807) is 13.3 Å². The van der Waals surface area contributed by atoms with Crippen molar-refractivity contribution in [2.45, 2.75) is 0 Å². The highest BCUT2D eigenvalue weighted by Crippen LogP contribution is 2.20. The second kappa shape index (κ2) is 5.46. The van der Waals surface area contributed by atoms with Gasteiger partial charge in [-0.05, 0) is 24.3 Å². The fraction of sp³-hybridized carbons (Fsp3) is 0.333. The van der Waals surface area contributed by atoms with E-state index >= 15 is 0 Å². The molecule has 5 heteroatoms. The zero-order valence-corrected chi connectivity index (χ0v) is 11.4. The Morgan fingerprint density at radius 1 is 1.30 bits per heavy atom. The molecule has 20 heavy (non-hydrogen) atoms. The molecule has 0 aliphatic carbocycles. The molecule has 2 aromatic rings. The Hall–Kier alpha value is -2.14. The maximum Gasteiger partial charge on any atom is 0.255 e. The molecule has 1 aliphatic heterocycles. The third-order valence-corrected chi connectivity index (χ3v) is 3.54. The Balaban J connectivity index is 1.92. The smallest absolute Gasteiger partial charge is 0.255 e. The van der Waals surface area contributed by atoms with Crippen molar-refractivity contribution in [3.63, 3.8) is 0 Å². The number of ether oxygens (including phenoxy) is 1. The van der Waals surface area contributed by atoms with Gasteiger partial charge in [-0.2, -0.15) is 0 Å². The number of fused-ring (bicyclic) bond motifs is 1. The second-order valence-corrected chi connectivity index (χ2v) is 4.82. The van der Waals surface area contributed by atoms with E-state index in [9.17, 15) is 4.79 Å². The summed E-state index contributed by atoms with van der Waals surface area (Å²) in [6, 6.07) is 7.55. The van der Waals surface area contributed by atoms with E-state index in [4.69, 9.17) is 4.74 Å². The molecule has 0 spiro atoms. The molecule has 104 valence electrons. The van der Waals surface area contributed by atoms with Gasteiger partial charge in [-0.3, -0.25) is 9.78 Å². The molecule has 1 aromatic carbocycles. The lowest BCUT2D eigenvalue weighted by atomic mass is 10.1. The van der Waals surface area contributed by atoms with Gasteiger partial charge in [-0.25, -0.2) is 0 Å². The van der Waals surface area contributed by atoms with Crippen molar-refractivity contribution >= 4 is 16.8 Å². The van der Waals surface area contributed by atoms with E-state index in [1.165, 1.54) is 0 Å². The molecule has 3 rings (SSSR count). The van der Waals surface area contributed by atoms with E-state index in [0.29, 0.717) is 5.56 Å². The Labute approximate surface area is 117 Å². The first kappa shape index (κ1) is 12.9. The summed E-state index contributed by atoms with van der Waals surface area (Å²) in [5, 5.41) is 4.16. The predicted octanol–water partition coefficient (Wildman–Crippen LogP) is 1.29. The highest BCUT2D eigenvalue weighted by molar-refractivity contribution is 5.97. The van der Waals surface area contributed by atoms with Gasteiger partial charge in [0.25, 0.3) is 5.91 Å². The number of rotatable bonds is 2. The average molecular weight is 271 g/mol. The summed E-state index contributed by atoms with van der Waals surface area (Å²) in [6.45, 7) is 3.19. The summed E-state index contributed by atoms with van der Waals surface area (Å²) in [5.41, 5.74) is 1.50. The predicted molar refractivity (Wildman–Crippen MR) is 77.1 cm³/mol. The first-order chi connectivity index (χ1) is 9.78.